The second-order valence-electron chi connectivity index (χ2n) is 4.71. The molecule has 1 saturated heterocycles. The molecule has 3 heterocycles. The van der Waals surface area contributed by atoms with Gasteiger partial charge in [0.25, 0.3) is 5.95 Å². The van der Waals surface area contributed by atoms with Gasteiger partial charge in [0.15, 0.2) is 0 Å². The summed E-state index contributed by atoms with van der Waals surface area (Å²) in [5, 5.41) is 10.6. The Balaban J connectivity index is 1.84. The van der Waals surface area contributed by atoms with Crippen LogP contribution in [-0.4, -0.2) is 53.8 Å². The van der Waals surface area contributed by atoms with Gasteiger partial charge in [0, 0.05) is 18.3 Å². The summed E-state index contributed by atoms with van der Waals surface area (Å²) in [6.07, 6.45) is 5.41. The van der Waals surface area contributed by atoms with E-state index >= 15 is 0 Å². The number of aromatic nitrogens is 6. The van der Waals surface area contributed by atoms with Gasteiger partial charge in [-0.05, 0) is 25.5 Å². The van der Waals surface area contributed by atoms with E-state index in [4.69, 9.17) is 0 Å². The highest BCUT2D eigenvalue weighted by Gasteiger charge is 2.16. The summed E-state index contributed by atoms with van der Waals surface area (Å²) < 4.78 is 1.53. The second-order valence-corrected chi connectivity index (χ2v) is 5.86. The Morgan fingerprint density at radius 1 is 1.33 bits per heavy atom. The Bertz CT molecular complexity index is 567. The molecule has 0 aliphatic carbocycles. The molecule has 112 valence electrons. The van der Waals surface area contributed by atoms with Gasteiger partial charge in [-0.15, -0.1) is 0 Å². The molecule has 1 fully saturated rings. The summed E-state index contributed by atoms with van der Waals surface area (Å²) in [5.74, 6) is 3.91. The van der Waals surface area contributed by atoms with Crippen LogP contribution >= 0.6 is 11.8 Å². The second kappa shape index (κ2) is 6.70. The van der Waals surface area contributed by atoms with Crippen LogP contribution in [0.2, 0.25) is 0 Å². The van der Waals surface area contributed by atoms with Gasteiger partial charge in [0.1, 0.15) is 12.7 Å². The van der Waals surface area contributed by atoms with Gasteiger partial charge in [0.2, 0.25) is 11.9 Å². The van der Waals surface area contributed by atoms with Crippen molar-refractivity contribution >= 4 is 23.7 Å². The first kappa shape index (κ1) is 14.1. The molecule has 0 amide bonds. The number of nitrogens with one attached hydrogen (secondary N) is 2. The summed E-state index contributed by atoms with van der Waals surface area (Å²) in [6.45, 7) is 2.75. The van der Waals surface area contributed by atoms with Gasteiger partial charge >= 0.3 is 0 Å². The zero-order valence-corrected chi connectivity index (χ0v) is 12.7. The predicted octanol–water partition coefficient (Wildman–Crippen LogP) is 1.19. The van der Waals surface area contributed by atoms with Crippen LogP contribution in [0.4, 0.5) is 11.9 Å². The number of hydrogen-bond donors (Lipinski definition) is 2. The lowest BCUT2D eigenvalue weighted by molar-refractivity contribution is 0.675. The van der Waals surface area contributed by atoms with Gasteiger partial charge < -0.3 is 10.6 Å². The maximum absolute atomic E-state index is 4.43. The summed E-state index contributed by atoms with van der Waals surface area (Å²) >= 11 is 1.96. The summed E-state index contributed by atoms with van der Waals surface area (Å²) in [5.41, 5.74) is 0. The molecule has 1 atom stereocenters. The van der Waals surface area contributed by atoms with Crippen LogP contribution in [0.1, 0.15) is 19.8 Å². The lowest BCUT2D eigenvalue weighted by atomic mass is 10.2. The Morgan fingerprint density at radius 3 is 2.95 bits per heavy atom. The molecule has 2 aromatic heterocycles. The number of anilines is 2. The molecule has 3 rings (SSSR count). The molecule has 1 aliphatic rings. The predicted molar refractivity (Wildman–Crippen MR) is 82.9 cm³/mol. The van der Waals surface area contributed by atoms with Crippen molar-refractivity contribution in [3.8, 4) is 5.95 Å². The molecule has 1 aliphatic heterocycles. The van der Waals surface area contributed by atoms with Crippen LogP contribution in [0.3, 0.4) is 0 Å². The standard InChI is InChI=1S/C12H18N8S/c1-2-14-10-17-11(16-9-4-3-5-21-6-9)19-12(18-10)20-8-13-7-15-20/h7-9H,2-6H2,1H3,(H2,14,16,17,18,19). The van der Waals surface area contributed by atoms with E-state index in [1.807, 2.05) is 18.7 Å². The highest BCUT2D eigenvalue weighted by molar-refractivity contribution is 7.99. The minimum Gasteiger partial charge on any atom is -0.354 e. The van der Waals surface area contributed by atoms with Crippen LogP contribution in [-0.2, 0) is 0 Å². The molecule has 0 saturated carbocycles. The number of hydrogen-bond acceptors (Lipinski definition) is 8. The van der Waals surface area contributed by atoms with E-state index in [-0.39, 0.29) is 0 Å². The molecule has 0 spiro atoms. The van der Waals surface area contributed by atoms with Crippen molar-refractivity contribution < 1.29 is 0 Å². The van der Waals surface area contributed by atoms with Crippen molar-refractivity contribution in [1.29, 1.82) is 0 Å². The van der Waals surface area contributed by atoms with E-state index in [1.54, 1.807) is 6.33 Å². The molecule has 1 unspecified atom stereocenters. The maximum Gasteiger partial charge on any atom is 0.258 e. The lowest BCUT2D eigenvalue weighted by Gasteiger charge is -2.22. The third-order valence-corrected chi connectivity index (χ3v) is 4.29. The summed E-state index contributed by atoms with van der Waals surface area (Å²) in [7, 11) is 0. The van der Waals surface area contributed by atoms with E-state index in [1.165, 1.54) is 23.2 Å². The monoisotopic (exact) mass is 306 g/mol. The van der Waals surface area contributed by atoms with E-state index in [0.29, 0.717) is 23.9 Å². The van der Waals surface area contributed by atoms with Crippen LogP contribution in [0, 0.1) is 0 Å². The van der Waals surface area contributed by atoms with Crippen molar-refractivity contribution in [1.82, 2.24) is 29.7 Å². The van der Waals surface area contributed by atoms with Crippen molar-refractivity contribution in [2.24, 2.45) is 0 Å². The van der Waals surface area contributed by atoms with Gasteiger partial charge in [-0.3, -0.25) is 0 Å². The Morgan fingerprint density at radius 2 is 2.24 bits per heavy atom. The zero-order chi connectivity index (χ0) is 14.5. The minimum atomic E-state index is 0.407. The first-order valence-corrected chi connectivity index (χ1v) is 8.20. The van der Waals surface area contributed by atoms with Crippen LogP contribution in [0.15, 0.2) is 12.7 Å². The third-order valence-electron chi connectivity index (χ3n) is 3.08. The quantitative estimate of drug-likeness (QED) is 0.851. The first-order valence-electron chi connectivity index (χ1n) is 7.04. The van der Waals surface area contributed by atoms with E-state index in [0.717, 1.165) is 18.7 Å². The van der Waals surface area contributed by atoms with Crippen molar-refractivity contribution in [3.05, 3.63) is 12.7 Å². The Kier molecular flexibility index (Phi) is 4.49. The molecule has 2 N–H and O–H groups in total. The molecule has 0 radical (unpaired) electrons. The van der Waals surface area contributed by atoms with E-state index in [2.05, 4.69) is 35.7 Å². The van der Waals surface area contributed by atoms with Gasteiger partial charge in [-0.2, -0.15) is 36.5 Å². The largest absolute Gasteiger partial charge is 0.354 e. The van der Waals surface area contributed by atoms with Crippen LogP contribution < -0.4 is 10.6 Å². The fourth-order valence-corrected chi connectivity index (χ4v) is 3.19. The first-order chi connectivity index (χ1) is 10.3. The topological polar surface area (TPSA) is 93.4 Å². The molecular weight excluding hydrogens is 288 g/mol. The maximum atomic E-state index is 4.43. The molecular formula is C12H18N8S. The smallest absolute Gasteiger partial charge is 0.258 e. The van der Waals surface area contributed by atoms with Crippen LogP contribution in [0.25, 0.3) is 5.95 Å². The van der Waals surface area contributed by atoms with Gasteiger partial charge in [-0.25, -0.2) is 4.98 Å². The van der Waals surface area contributed by atoms with Gasteiger partial charge in [0.05, 0.1) is 0 Å². The van der Waals surface area contributed by atoms with Crippen molar-refractivity contribution in [3.63, 3.8) is 0 Å². The van der Waals surface area contributed by atoms with Crippen molar-refractivity contribution in [2.45, 2.75) is 25.8 Å². The molecule has 2 aromatic rings. The fraction of sp³-hybridized carbons (Fsp3) is 0.583. The highest BCUT2D eigenvalue weighted by Crippen LogP contribution is 2.20. The van der Waals surface area contributed by atoms with Crippen molar-refractivity contribution in [2.75, 3.05) is 28.7 Å². The number of thioether (sulfide) groups is 1. The lowest BCUT2D eigenvalue weighted by Crippen LogP contribution is -2.27. The van der Waals surface area contributed by atoms with E-state index in [9.17, 15) is 0 Å². The zero-order valence-electron chi connectivity index (χ0n) is 11.9. The SMILES string of the molecule is CCNc1nc(NC2CCCSC2)nc(-n2cncn2)n1. The van der Waals surface area contributed by atoms with Gasteiger partial charge in [-0.1, -0.05) is 0 Å². The Hall–Kier alpha value is -1.90. The average molecular weight is 306 g/mol. The Labute approximate surface area is 127 Å². The molecule has 9 heteroatoms. The van der Waals surface area contributed by atoms with Crippen LogP contribution in [0.5, 0.6) is 0 Å². The third kappa shape index (κ3) is 3.60. The molecule has 0 aromatic carbocycles. The number of nitrogens with zero attached hydrogens (tertiary/aromatic N) is 6. The molecule has 0 bridgehead atoms. The minimum absolute atomic E-state index is 0.407. The fourth-order valence-electron chi connectivity index (χ4n) is 2.12. The molecule has 21 heavy (non-hydrogen) atoms. The summed E-state index contributed by atoms with van der Waals surface area (Å²) in [4.78, 5) is 17.1. The average Bonchev–Trinajstić information content (AvgIpc) is 3.03. The number of rotatable bonds is 5. The summed E-state index contributed by atoms with van der Waals surface area (Å²) in [6, 6.07) is 0.407. The highest BCUT2D eigenvalue weighted by atomic mass is 32.2. The molecule has 8 nitrogen and oxygen atoms in total. The normalized spacial score (nSPS) is 18.4. The van der Waals surface area contributed by atoms with E-state index < -0.39 is 0 Å².